The average molecular weight is 544 g/mol. The molecule has 3 aromatic rings. The molecule has 1 amide bonds. The molecule has 1 atom stereocenters. The van der Waals surface area contributed by atoms with Gasteiger partial charge in [0.05, 0.1) is 45.8 Å². The topological polar surface area (TPSA) is 139 Å². The smallest absolute Gasteiger partial charge is 0.280 e. The summed E-state index contributed by atoms with van der Waals surface area (Å²) in [5.74, 6) is 0.0464. The Balaban J connectivity index is 1.37. The van der Waals surface area contributed by atoms with E-state index in [1.165, 1.54) is 29.8 Å². The number of carbonyl (C=O) groups is 1. The van der Waals surface area contributed by atoms with Gasteiger partial charge in [0.1, 0.15) is 5.69 Å². The van der Waals surface area contributed by atoms with Crippen molar-refractivity contribution in [1.82, 2.24) is 35.5 Å². The van der Waals surface area contributed by atoms with Gasteiger partial charge < -0.3 is 15.4 Å². The lowest BCUT2D eigenvalue weighted by molar-refractivity contribution is 0.0920. The maximum atomic E-state index is 13.3. The van der Waals surface area contributed by atoms with Gasteiger partial charge in [-0.25, -0.2) is 18.4 Å². The molecule has 1 unspecified atom stereocenters. The molecule has 0 spiro atoms. The quantitative estimate of drug-likeness (QED) is 0.388. The van der Waals surface area contributed by atoms with Crippen molar-refractivity contribution in [2.24, 2.45) is 0 Å². The van der Waals surface area contributed by atoms with E-state index in [2.05, 4.69) is 35.5 Å². The number of rotatable bonds is 10. The Morgan fingerprint density at radius 1 is 1.24 bits per heavy atom. The molecule has 3 aromatic heterocycles. The highest BCUT2D eigenvalue weighted by atomic mass is 32.2. The first kappa shape index (κ1) is 25.6. The van der Waals surface area contributed by atoms with Crippen LogP contribution in [0.1, 0.15) is 41.3 Å². The lowest BCUT2D eigenvalue weighted by atomic mass is 10.1. The molecule has 4 heterocycles. The summed E-state index contributed by atoms with van der Waals surface area (Å²) in [4.78, 5) is 33.8. The van der Waals surface area contributed by atoms with Gasteiger partial charge in [-0.05, 0) is 31.9 Å². The number of hydrogen-bond donors (Lipinski definition) is 2. The summed E-state index contributed by atoms with van der Waals surface area (Å²) in [7, 11) is -3.38. The Kier molecular flexibility index (Phi) is 7.74. The van der Waals surface area contributed by atoms with E-state index >= 15 is 0 Å². The molecule has 0 aromatic carbocycles. The van der Waals surface area contributed by atoms with E-state index in [0.717, 1.165) is 26.2 Å². The predicted octanol–water partition coefficient (Wildman–Crippen LogP) is 1.71. The lowest BCUT2D eigenvalue weighted by Crippen LogP contribution is -2.47. The number of nitrogens with zero attached hydrogens (tertiary/aromatic N) is 5. The van der Waals surface area contributed by atoms with Gasteiger partial charge in [-0.3, -0.25) is 19.7 Å². The van der Waals surface area contributed by atoms with Crippen LogP contribution in [-0.4, -0.2) is 83.7 Å². The lowest BCUT2D eigenvalue weighted by Gasteiger charge is -2.31. The second-order valence-corrected chi connectivity index (χ2v) is 12.2. The fourth-order valence-electron chi connectivity index (χ4n) is 4.13. The van der Waals surface area contributed by atoms with Gasteiger partial charge in [-0.2, -0.15) is 0 Å². The third-order valence-corrected chi connectivity index (χ3v) is 9.49. The minimum atomic E-state index is -3.38. The first-order valence-corrected chi connectivity index (χ1v) is 14.6. The van der Waals surface area contributed by atoms with Crippen molar-refractivity contribution in [3.8, 4) is 16.5 Å². The van der Waals surface area contributed by atoms with Crippen molar-refractivity contribution in [2.75, 3.05) is 39.3 Å². The van der Waals surface area contributed by atoms with Crippen LogP contribution >= 0.6 is 11.3 Å². The minimum absolute atomic E-state index is 0.254. The van der Waals surface area contributed by atoms with Crippen LogP contribution in [0.5, 0.6) is 5.88 Å². The summed E-state index contributed by atoms with van der Waals surface area (Å²) in [5, 5.41) is 6.32. The first-order chi connectivity index (χ1) is 17.9. The van der Waals surface area contributed by atoms with E-state index in [1.807, 2.05) is 6.92 Å². The summed E-state index contributed by atoms with van der Waals surface area (Å²) in [6.45, 7) is 6.19. The molecule has 1 aliphatic heterocycles. The van der Waals surface area contributed by atoms with Gasteiger partial charge >= 0.3 is 0 Å². The zero-order valence-corrected chi connectivity index (χ0v) is 22.1. The molecular formula is C24H29N7O4S2. The molecule has 2 fully saturated rings. The summed E-state index contributed by atoms with van der Waals surface area (Å²) < 4.78 is 31.1. The van der Waals surface area contributed by atoms with Crippen LogP contribution in [0.3, 0.4) is 0 Å². The number of sulfone groups is 1. The number of pyridine rings is 1. The molecule has 0 bridgehead atoms. The van der Waals surface area contributed by atoms with Crippen LogP contribution in [0.15, 0.2) is 41.8 Å². The van der Waals surface area contributed by atoms with Crippen LogP contribution in [0.4, 0.5) is 0 Å². The molecule has 37 heavy (non-hydrogen) atoms. The van der Waals surface area contributed by atoms with Gasteiger partial charge in [0.25, 0.3) is 5.91 Å². The fraction of sp³-hybridized carbons (Fsp3) is 0.458. The summed E-state index contributed by atoms with van der Waals surface area (Å²) in [5.41, 5.74) is 1.08. The second kappa shape index (κ2) is 11.2. The standard InChI is InChI=1S/C24H29N7O4S2/c1-2-35-22-14-26-12-19(29-22)21-13-28-24(36-21)23(32)30-20(15-31-9-7-25-8-10-31)18-11-17(5-6-27-18)37(33,34)16-3-4-16/h5-6,11-14,16,20,25H,2-4,7-10,15H2,1H3,(H,30,32). The van der Waals surface area contributed by atoms with E-state index in [4.69, 9.17) is 4.74 Å². The summed E-state index contributed by atoms with van der Waals surface area (Å²) >= 11 is 1.20. The van der Waals surface area contributed by atoms with Crippen molar-refractivity contribution < 1.29 is 17.9 Å². The summed E-state index contributed by atoms with van der Waals surface area (Å²) in [6, 6.07) is 2.63. The molecule has 13 heteroatoms. The normalized spacial score (nSPS) is 17.3. The van der Waals surface area contributed by atoms with Crippen molar-refractivity contribution in [3.63, 3.8) is 0 Å². The Morgan fingerprint density at radius 2 is 2.05 bits per heavy atom. The zero-order valence-electron chi connectivity index (χ0n) is 20.5. The number of amides is 1. The Morgan fingerprint density at radius 3 is 2.81 bits per heavy atom. The maximum absolute atomic E-state index is 13.3. The van der Waals surface area contributed by atoms with E-state index in [1.54, 1.807) is 18.5 Å². The molecule has 196 valence electrons. The van der Waals surface area contributed by atoms with E-state index in [0.29, 0.717) is 48.1 Å². The monoisotopic (exact) mass is 543 g/mol. The van der Waals surface area contributed by atoms with Crippen LogP contribution in [0.25, 0.3) is 10.6 Å². The van der Waals surface area contributed by atoms with Gasteiger partial charge in [-0.1, -0.05) is 0 Å². The number of thiazole rings is 1. The van der Waals surface area contributed by atoms with Crippen LogP contribution < -0.4 is 15.4 Å². The average Bonchev–Trinajstić information content (AvgIpc) is 3.67. The second-order valence-electron chi connectivity index (χ2n) is 8.94. The van der Waals surface area contributed by atoms with Crippen LogP contribution in [0, 0.1) is 0 Å². The molecule has 5 rings (SSSR count). The molecule has 1 saturated heterocycles. The highest BCUT2D eigenvalue weighted by Gasteiger charge is 2.37. The largest absolute Gasteiger partial charge is 0.477 e. The highest BCUT2D eigenvalue weighted by molar-refractivity contribution is 7.92. The number of carbonyl (C=O) groups excluding carboxylic acids is 1. The number of aromatic nitrogens is 4. The van der Waals surface area contributed by atoms with Crippen molar-refractivity contribution in [3.05, 3.63) is 47.6 Å². The predicted molar refractivity (Wildman–Crippen MR) is 138 cm³/mol. The first-order valence-electron chi connectivity index (χ1n) is 12.3. The van der Waals surface area contributed by atoms with Crippen LogP contribution in [-0.2, 0) is 9.84 Å². The molecule has 1 aliphatic carbocycles. The molecule has 0 radical (unpaired) electrons. The molecule has 11 nitrogen and oxygen atoms in total. The van der Waals surface area contributed by atoms with Gasteiger partial charge in [0.2, 0.25) is 5.88 Å². The maximum Gasteiger partial charge on any atom is 0.280 e. The fourth-order valence-corrected chi connectivity index (χ4v) is 6.58. The number of hydrogen-bond acceptors (Lipinski definition) is 11. The minimum Gasteiger partial charge on any atom is -0.477 e. The van der Waals surface area contributed by atoms with Crippen molar-refractivity contribution in [1.29, 1.82) is 0 Å². The Labute approximate surface area is 219 Å². The van der Waals surface area contributed by atoms with Gasteiger partial charge in [0, 0.05) is 45.1 Å². The molecule has 2 N–H and O–H groups in total. The molecule has 1 saturated carbocycles. The Bertz CT molecular complexity index is 1350. The van der Waals surface area contributed by atoms with Crippen LogP contribution in [0.2, 0.25) is 0 Å². The zero-order chi connectivity index (χ0) is 25.8. The molecular weight excluding hydrogens is 514 g/mol. The van der Waals surface area contributed by atoms with E-state index in [9.17, 15) is 13.2 Å². The SMILES string of the molecule is CCOc1cncc(-c2cnc(C(=O)NC(CN3CCNCC3)c3cc(S(=O)(=O)C4CC4)ccn3)s2)n1. The number of nitrogens with one attached hydrogen (secondary N) is 2. The third kappa shape index (κ3) is 6.12. The number of ether oxygens (including phenoxy) is 1. The number of piperazine rings is 1. The van der Waals surface area contributed by atoms with Crippen molar-refractivity contribution in [2.45, 2.75) is 36.0 Å². The molecule has 2 aliphatic rings. The third-order valence-electron chi connectivity index (χ3n) is 6.21. The summed E-state index contributed by atoms with van der Waals surface area (Å²) in [6.07, 6.45) is 7.60. The van der Waals surface area contributed by atoms with Gasteiger partial charge in [0.15, 0.2) is 14.8 Å². The van der Waals surface area contributed by atoms with E-state index < -0.39 is 15.9 Å². The Hall–Kier alpha value is -3.00. The van der Waals surface area contributed by atoms with Gasteiger partial charge in [-0.15, -0.1) is 11.3 Å². The highest BCUT2D eigenvalue weighted by Crippen LogP contribution is 2.34. The van der Waals surface area contributed by atoms with Crippen molar-refractivity contribution >= 4 is 27.1 Å². The van der Waals surface area contributed by atoms with E-state index in [-0.39, 0.29) is 21.1 Å².